The molecule has 1 amide bonds. The Morgan fingerprint density at radius 1 is 1.16 bits per heavy atom. The summed E-state index contributed by atoms with van der Waals surface area (Å²) in [5.74, 6) is 1.98. The summed E-state index contributed by atoms with van der Waals surface area (Å²) in [6.45, 7) is 5.56. The van der Waals surface area contributed by atoms with Crippen molar-refractivity contribution in [3.05, 3.63) is 64.7 Å². The molecule has 0 radical (unpaired) electrons. The van der Waals surface area contributed by atoms with Gasteiger partial charge < -0.3 is 25.4 Å². The van der Waals surface area contributed by atoms with E-state index in [1.165, 1.54) is 5.56 Å². The molecule has 1 heterocycles. The second-order valence-corrected chi connectivity index (χ2v) is 7.71. The van der Waals surface area contributed by atoms with Crippen molar-refractivity contribution >= 4 is 11.9 Å². The number of carbonyl (C=O) groups is 1. The highest BCUT2D eigenvalue weighted by atomic mass is 16.5. The number of aliphatic imine (C=N–C) groups is 1. The van der Waals surface area contributed by atoms with Gasteiger partial charge in [-0.05, 0) is 42.7 Å². The minimum Gasteiger partial charge on any atom is -0.493 e. The number of hydrogen-bond acceptors (Lipinski definition) is 4. The van der Waals surface area contributed by atoms with E-state index < -0.39 is 0 Å². The lowest BCUT2D eigenvalue weighted by Crippen LogP contribution is -2.36. The number of nitrogens with zero attached hydrogens (tertiary/aromatic N) is 1. The molecule has 2 aromatic rings. The topological polar surface area (TPSA) is 84.0 Å². The molecule has 1 fully saturated rings. The number of aryl methyl sites for hydroxylation is 1. The van der Waals surface area contributed by atoms with Crippen LogP contribution >= 0.6 is 0 Å². The Labute approximate surface area is 184 Å². The van der Waals surface area contributed by atoms with E-state index in [4.69, 9.17) is 9.47 Å². The van der Waals surface area contributed by atoms with Crippen LogP contribution in [0, 0.1) is 12.8 Å². The maximum Gasteiger partial charge on any atom is 0.251 e. The van der Waals surface area contributed by atoms with E-state index in [0.717, 1.165) is 36.5 Å². The first-order valence-electron chi connectivity index (χ1n) is 10.6. The van der Waals surface area contributed by atoms with Gasteiger partial charge in [0.2, 0.25) is 0 Å². The summed E-state index contributed by atoms with van der Waals surface area (Å²) in [5, 5.41) is 9.28. The van der Waals surface area contributed by atoms with Gasteiger partial charge in [0.25, 0.3) is 5.91 Å². The summed E-state index contributed by atoms with van der Waals surface area (Å²) in [4.78, 5) is 16.0. The Balaban J connectivity index is 1.53. The molecule has 31 heavy (non-hydrogen) atoms. The maximum absolute atomic E-state index is 11.7. The zero-order valence-electron chi connectivity index (χ0n) is 18.5. The van der Waals surface area contributed by atoms with Crippen molar-refractivity contribution in [1.82, 2.24) is 16.0 Å². The van der Waals surface area contributed by atoms with Crippen molar-refractivity contribution in [2.75, 3.05) is 33.9 Å². The van der Waals surface area contributed by atoms with Crippen LogP contribution in [0.4, 0.5) is 0 Å². The molecule has 7 nitrogen and oxygen atoms in total. The molecule has 1 unspecified atom stereocenters. The number of carbonyl (C=O) groups excluding carboxylic acids is 1. The third kappa shape index (κ3) is 6.72. The van der Waals surface area contributed by atoms with E-state index in [9.17, 15) is 4.79 Å². The Hall–Kier alpha value is -3.06. The van der Waals surface area contributed by atoms with Gasteiger partial charge in [-0.2, -0.15) is 0 Å². The first-order chi connectivity index (χ1) is 15.1. The fraction of sp³-hybridized carbons (Fsp3) is 0.417. The van der Waals surface area contributed by atoms with Crippen molar-refractivity contribution < 1.29 is 14.3 Å². The largest absolute Gasteiger partial charge is 0.493 e. The van der Waals surface area contributed by atoms with Gasteiger partial charge in [0.05, 0.1) is 13.2 Å². The highest BCUT2D eigenvalue weighted by molar-refractivity contribution is 5.93. The highest BCUT2D eigenvalue weighted by Crippen LogP contribution is 2.22. The summed E-state index contributed by atoms with van der Waals surface area (Å²) >= 11 is 0. The normalized spacial score (nSPS) is 16.1. The third-order valence-electron chi connectivity index (χ3n) is 5.29. The van der Waals surface area contributed by atoms with E-state index in [-0.39, 0.29) is 5.91 Å². The lowest BCUT2D eigenvalue weighted by atomic mass is 10.1. The predicted molar refractivity (Wildman–Crippen MR) is 122 cm³/mol. The Morgan fingerprint density at radius 2 is 1.94 bits per heavy atom. The lowest BCUT2D eigenvalue weighted by molar-refractivity contribution is 0.0963. The Morgan fingerprint density at radius 3 is 2.61 bits per heavy atom. The van der Waals surface area contributed by atoms with Crippen LogP contribution in [-0.2, 0) is 17.8 Å². The molecule has 0 spiro atoms. The molecular weight excluding hydrogens is 392 g/mol. The number of nitrogens with one attached hydrogen (secondary N) is 3. The van der Waals surface area contributed by atoms with Crippen molar-refractivity contribution in [3.8, 4) is 5.75 Å². The summed E-state index contributed by atoms with van der Waals surface area (Å²) < 4.78 is 11.6. The van der Waals surface area contributed by atoms with Crippen LogP contribution in [0.1, 0.15) is 33.5 Å². The third-order valence-corrected chi connectivity index (χ3v) is 5.29. The molecule has 3 N–H and O–H groups in total. The van der Waals surface area contributed by atoms with E-state index in [2.05, 4.69) is 46.1 Å². The van der Waals surface area contributed by atoms with Gasteiger partial charge in [0.1, 0.15) is 5.75 Å². The highest BCUT2D eigenvalue weighted by Gasteiger charge is 2.17. The number of benzene rings is 2. The van der Waals surface area contributed by atoms with E-state index >= 15 is 0 Å². The van der Waals surface area contributed by atoms with Crippen molar-refractivity contribution in [1.29, 1.82) is 0 Å². The molecule has 7 heteroatoms. The van der Waals surface area contributed by atoms with Crippen LogP contribution in [0.3, 0.4) is 0 Å². The Bertz CT molecular complexity index is 890. The SMILES string of the molecule is CN=C(NCc1ccc(C(=O)NC)cc1)NCc1ccc(C)cc1OCC1CCOC1. The summed E-state index contributed by atoms with van der Waals surface area (Å²) in [6.07, 6.45) is 1.06. The average Bonchev–Trinajstić information content (AvgIpc) is 3.32. The summed E-state index contributed by atoms with van der Waals surface area (Å²) in [7, 11) is 3.37. The van der Waals surface area contributed by atoms with E-state index in [1.807, 2.05) is 24.3 Å². The molecule has 0 aliphatic carbocycles. The van der Waals surface area contributed by atoms with Crippen molar-refractivity contribution in [2.45, 2.75) is 26.4 Å². The van der Waals surface area contributed by atoms with Crippen molar-refractivity contribution in [2.24, 2.45) is 10.9 Å². The number of ether oxygens (including phenoxy) is 2. The van der Waals surface area contributed by atoms with Crippen LogP contribution in [0.15, 0.2) is 47.5 Å². The minimum atomic E-state index is -0.0893. The molecule has 2 aromatic carbocycles. The number of rotatable bonds is 8. The maximum atomic E-state index is 11.7. The second kappa shape index (κ2) is 11.4. The van der Waals surface area contributed by atoms with Gasteiger partial charge in [-0.15, -0.1) is 0 Å². The molecule has 0 saturated carbocycles. The van der Waals surface area contributed by atoms with Crippen molar-refractivity contribution in [3.63, 3.8) is 0 Å². The molecule has 0 bridgehead atoms. The monoisotopic (exact) mass is 424 g/mol. The van der Waals surface area contributed by atoms with Gasteiger partial charge in [-0.1, -0.05) is 24.3 Å². The molecule has 1 atom stereocenters. The minimum absolute atomic E-state index is 0.0893. The Kier molecular flexibility index (Phi) is 8.29. The molecule has 166 valence electrons. The van der Waals surface area contributed by atoms with Crippen LogP contribution in [-0.4, -0.2) is 45.8 Å². The lowest BCUT2D eigenvalue weighted by Gasteiger charge is -2.17. The molecule has 0 aromatic heterocycles. The number of amides is 1. The number of guanidine groups is 1. The number of hydrogen-bond donors (Lipinski definition) is 3. The fourth-order valence-electron chi connectivity index (χ4n) is 3.37. The van der Waals surface area contributed by atoms with Gasteiger partial charge in [0, 0.05) is 50.8 Å². The van der Waals surface area contributed by atoms with Gasteiger partial charge in [0.15, 0.2) is 5.96 Å². The zero-order valence-corrected chi connectivity index (χ0v) is 18.5. The van der Waals surface area contributed by atoms with E-state index in [1.54, 1.807) is 14.1 Å². The first-order valence-corrected chi connectivity index (χ1v) is 10.6. The fourth-order valence-corrected chi connectivity index (χ4v) is 3.37. The molecule has 3 rings (SSSR count). The quantitative estimate of drug-likeness (QED) is 0.448. The van der Waals surface area contributed by atoms with Gasteiger partial charge in [-0.3, -0.25) is 9.79 Å². The van der Waals surface area contributed by atoms with Gasteiger partial charge in [-0.25, -0.2) is 0 Å². The predicted octanol–water partition coefficient (Wildman–Crippen LogP) is 2.64. The van der Waals surface area contributed by atoms with Crippen LogP contribution < -0.4 is 20.7 Å². The molecule has 1 aliphatic heterocycles. The average molecular weight is 425 g/mol. The smallest absolute Gasteiger partial charge is 0.251 e. The standard InChI is InChI=1S/C24H32N4O3/c1-17-4-7-21(22(12-17)31-16-19-10-11-30-15-19)14-28-24(26-3)27-13-18-5-8-20(9-6-18)23(29)25-2/h4-9,12,19H,10-11,13-16H2,1-3H3,(H,25,29)(H2,26,27,28). The molecular formula is C24H32N4O3. The van der Waals surface area contributed by atoms with Crippen LogP contribution in [0.2, 0.25) is 0 Å². The zero-order chi connectivity index (χ0) is 22.1. The molecule has 1 aliphatic rings. The van der Waals surface area contributed by atoms with Gasteiger partial charge >= 0.3 is 0 Å². The summed E-state index contributed by atoms with van der Waals surface area (Å²) in [6, 6.07) is 13.8. The van der Waals surface area contributed by atoms with E-state index in [0.29, 0.717) is 37.1 Å². The first kappa shape index (κ1) is 22.6. The summed E-state index contributed by atoms with van der Waals surface area (Å²) in [5.41, 5.74) is 3.96. The van der Waals surface area contributed by atoms with Crippen LogP contribution in [0.25, 0.3) is 0 Å². The second-order valence-electron chi connectivity index (χ2n) is 7.71. The van der Waals surface area contributed by atoms with Crippen LogP contribution in [0.5, 0.6) is 5.75 Å². The molecule has 1 saturated heterocycles.